The summed E-state index contributed by atoms with van der Waals surface area (Å²) < 4.78 is 5.33. The predicted octanol–water partition coefficient (Wildman–Crippen LogP) is 2.94. The lowest BCUT2D eigenvalue weighted by Gasteiger charge is -2.15. The molecule has 2 aromatic rings. The highest BCUT2D eigenvalue weighted by atomic mass is 32.2. The van der Waals surface area contributed by atoms with E-state index in [0.717, 1.165) is 31.0 Å². The first-order valence-corrected chi connectivity index (χ1v) is 10.1. The van der Waals surface area contributed by atoms with Gasteiger partial charge in [-0.3, -0.25) is 9.59 Å². The minimum atomic E-state index is -0.963. The molecule has 28 heavy (non-hydrogen) atoms. The second kappa shape index (κ2) is 8.93. The minimum Gasteiger partial charge on any atom is -0.449 e. The summed E-state index contributed by atoms with van der Waals surface area (Å²) in [5.74, 6) is -1.44. The highest BCUT2D eigenvalue weighted by Gasteiger charge is 2.21. The standard InChI is InChI=1S/C21H22N2O4S/c1-13(20(25)23-16-10-9-14-5-4-6-15(14)11-16)27-21(26)17-7-2-3-8-18(17)28-12-19(22)24/h2-3,7-11,13H,4-6,12H2,1H3,(H2,22,24)(H,23,25)/t13-/m0/s1. The van der Waals surface area contributed by atoms with E-state index in [9.17, 15) is 14.4 Å². The summed E-state index contributed by atoms with van der Waals surface area (Å²) in [5, 5.41) is 2.80. The highest BCUT2D eigenvalue weighted by Crippen LogP contribution is 2.26. The summed E-state index contributed by atoms with van der Waals surface area (Å²) in [7, 11) is 0. The van der Waals surface area contributed by atoms with Gasteiger partial charge in [0.1, 0.15) is 0 Å². The monoisotopic (exact) mass is 398 g/mol. The van der Waals surface area contributed by atoms with Crippen molar-refractivity contribution in [1.29, 1.82) is 0 Å². The van der Waals surface area contributed by atoms with Crippen molar-refractivity contribution in [3.8, 4) is 0 Å². The molecule has 1 aliphatic carbocycles. The van der Waals surface area contributed by atoms with Gasteiger partial charge in [0.25, 0.3) is 5.91 Å². The van der Waals surface area contributed by atoms with E-state index in [1.54, 1.807) is 24.3 Å². The number of carbonyl (C=O) groups excluding carboxylic acids is 3. The molecule has 2 aromatic carbocycles. The summed E-state index contributed by atoms with van der Waals surface area (Å²) >= 11 is 1.16. The Kier molecular flexibility index (Phi) is 6.36. The third kappa shape index (κ3) is 4.92. The maximum Gasteiger partial charge on any atom is 0.340 e. The topological polar surface area (TPSA) is 98.5 Å². The average molecular weight is 398 g/mol. The number of nitrogens with one attached hydrogen (secondary N) is 1. The van der Waals surface area contributed by atoms with E-state index >= 15 is 0 Å². The molecule has 0 aliphatic heterocycles. The lowest BCUT2D eigenvalue weighted by Crippen LogP contribution is -2.30. The molecule has 0 heterocycles. The van der Waals surface area contributed by atoms with Crippen molar-refractivity contribution < 1.29 is 19.1 Å². The molecule has 7 heteroatoms. The Bertz CT molecular complexity index is 913. The average Bonchev–Trinajstić information content (AvgIpc) is 3.14. The Balaban J connectivity index is 1.62. The second-order valence-corrected chi connectivity index (χ2v) is 7.64. The molecule has 1 aliphatic rings. The van der Waals surface area contributed by atoms with Crippen molar-refractivity contribution in [2.24, 2.45) is 5.73 Å². The van der Waals surface area contributed by atoms with E-state index in [2.05, 4.69) is 5.32 Å². The predicted molar refractivity (Wildman–Crippen MR) is 108 cm³/mol. The summed E-state index contributed by atoms with van der Waals surface area (Å²) in [6, 6.07) is 12.6. The SMILES string of the molecule is C[C@H](OC(=O)c1ccccc1SCC(N)=O)C(=O)Nc1ccc2c(c1)CCC2. The Morgan fingerprint density at radius 2 is 1.89 bits per heavy atom. The van der Waals surface area contributed by atoms with Crippen LogP contribution < -0.4 is 11.1 Å². The van der Waals surface area contributed by atoms with E-state index < -0.39 is 23.9 Å². The van der Waals surface area contributed by atoms with E-state index in [0.29, 0.717) is 16.1 Å². The third-order valence-electron chi connectivity index (χ3n) is 4.50. The first-order chi connectivity index (χ1) is 13.4. The van der Waals surface area contributed by atoms with Gasteiger partial charge in [-0.1, -0.05) is 18.2 Å². The van der Waals surface area contributed by atoms with Crippen molar-refractivity contribution in [3.63, 3.8) is 0 Å². The Morgan fingerprint density at radius 1 is 1.14 bits per heavy atom. The number of anilines is 1. The first-order valence-electron chi connectivity index (χ1n) is 9.08. The zero-order valence-electron chi connectivity index (χ0n) is 15.6. The van der Waals surface area contributed by atoms with Gasteiger partial charge in [-0.25, -0.2) is 4.79 Å². The van der Waals surface area contributed by atoms with Crippen LogP contribution in [-0.2, 0) is 27.2 Å². The van der Waals surface area contributed by atoms with Crippen LogP contribution in [0, 0.1) is 0 Å². The van der Waals surface area contributed by atoms with Gasteiger partial charge in [0.05, 0.1) is 11.3 Å². The molecular formula is C21H22N2O4S. The summed E-state index contributed by atoms with van der Waals surface area (Å²) in [5.41, 5.74) is 8.74. The molecule has 3 N–H and O–H groups in total. The lowest BCUT2D eigenvalue weighted by atomic mass is 10.1. The van der Waals surface area contributed by atoms with Crippen LogP contribution in [0.2, 0.25) is 0 Å². The zero-order chi connectivity index (χ0) is 20.1. The maximum atomic E-state index is 12.5. The molecule has 0 radical (unpaired) electrons. The van der Waals surface area contributed by atoms with Crippen LogP contribution in [0.15, 0.2) is 47.4 Å². The molecule has 146 valence electrons. The summed E-state index contributed by atoms with van der Waals surface area (Å²) in [6.07, 6.45) is 2.26. The molecule has 1 atom stereocenters. The summed E-state index contributed by atoms with van der Waals surface area (Å²) in [6.45, 7) is 1.53. The van der Waals surface area contributed by atoms with Crippen LogP contribution in [0.4, 0.5) is 5.69 Å². The van der Waals surface area contributed by atoms with Crippen molar-refractivity contribution in [3.05, 3.63) is 59.2 Å². The Morgan fingerprint density at radius 3 is 2.68 bits per heavy atom. The molecule has 6 nitrogen and oxygen atoms in total. The molecule has 2 amide bonds. The van der Waals surface area contributed by atoms with E-state index in [-0.39, 0.29) is 5.75 Å². The smallest absolute Gasteiger partial charge is 0.340 e. The fourth-order valence-electron chi connectivity index (χ4n) is 3.08. The van der Waals surface area contributed by atoms with Gasteiger partial charge in [0.15, 0.2) is 6.10 Å². The quantitative estimate of drug-likeness (QED) is 0.552. The van der Waals surface area contributed by atoms with Crippen molar-refractivity contribution >= 4 is 35.2 Å². The number of esters is 1. The van der Waals surface area contributed by atoms with E-state index in [4.69, 9.17) is 10.5 Å². The van der Waals surface area contributed by atoms with Crippen molar-refractivity contribution in [1.82, 2.24) is 0 Å². The van der Waals surface area contributed by atoms with E-state index in [1.165, 1.54) is 18.1 Å². The molecule has 0 unspecified atom stereocenters. The molecule has 0 bridgehead atoms. The lowest BCUT2D eigenvalue weighted by molar-refractivity contribution is -0.123. The van der Waals surface area contributed by atoms with Crippen LogP contribution in [-0.4, -0.2) is 29.6 Å². The van der Waals surface area contributed by atoms with Gasteiger partial charge in [-0.05, 0) is 61.6 Å². The van der Waals surface area contributed by atoms with Crippen LogP contribution in [0.3, 0.4) is 0 Å². The minimum absolute atomic E-state index is 0.0542. The number of primary amides is 1. The molecule has 0 spiro atoms. The number of fused-ring (bicyclic) bond motifs is 1. The number of hydrogen-bond acceptors (Lipinski definition) is 5. The van der Waals surface area contributed by atoms with Gasteiger partial charge in [-0.15, -0.1) is 11.8 Å². The van der Waals surface area contributed by atoms with Crippen molar-refractivity contribution in [2.45, 2.75) is 37.2 Å². The van der Waals surface area contributed by atoms with Gasteiger partial charge < -0.3 is 15.8 Å². The first kappa shape index (κ1) is 19.9. The maximum absolute atomic E-state index is 12.5. The van der Waals surface area contributed by atoms with Crippen LogP contribution in [0.25, 0.3) is 0 Å². The number of thioether (sulfide) groups is 1. The number of benzene rings is 2. The van der Waals surface area contributed by atoms with E-state index in [1.807, 2.05) is 18.2 Å². The Labute approximate surface area is 167 Å². The normalized spacial score (nSPS) is 13.5. The fourth-order valence-corrected chi connectivity index (χ4v) is 3.86. The van der Waals surface area contributed by atoms with Gasteiger partial charge in [0.2, 0.25) is 5.91 Å². The molecule has 0 fully saturated rings. The van der Waals surface area contributed by atoms with Crippen LogP contribution in [0.1, 0.15) is 34.8 Å². The Hall–Kier alpha value is -2.80. The number of carbonyl (C=O) groups is 3. The fraction of sp³-hybridized carbons (Fsp3) is 0.286. The largest absolute Gasteiger partial charge is 0.449 e. The van der Waals surface area contributed by atoms with Crippen LogP contribution >= 0.6 is 11.8 Å². The summed E-state index contributed by atoms with van der Waals surface area (Å²) in [4.78, 5) is 36.5. The molecule has 0 saturated carbocycles. The third-order valence-corrected chi connectivity index (χ3v) is 5.59. The molecule has 0 aromatic heterocycles. The number of aryl methyl sites for hydroxylation is 2. The van der Waals surface area contributed by atoms with Crippen LogP contribution in [0.5, 0.6) is 0 Å². The molecule has 0 saturated heterocycles. The van der Waals surface area contributed by atoms with Crippen molar-refractivity contribution in [2.75, 3.05) is 11.1 Å². The number of rotatable bonds is 7. The molecule has 3 rings (SSSR count). The number of amides is 2. The number of ether oxygens (including phenoxy) is 1. The zero-order valence-corrected chi connectivity index (χ0v) is 16.4. The molecular weight excluding hydrogens is 376 g/mol. The highest BCUT2D eigenvalue weighted by molar-refractivity contribution is 8.00. The number of hydrogen-bond donors (Lipinski definition) is 2. The van der Waals surface area contributed by atoms with Gasteiger partial charge >= 0.3 is 5.97 Å². The van der Waals surface area contributed by atoms with Gasteiger partial charge in [-0.2, -0.15) is 0 Å². The second-order valence-electron chi connectivity index (χ2n) is 6.62. The number of nitrogens with two attached hydrogens (primary N) is 1. The van der Waals surface area contributed by atoms with Gasteiger partial charge in [0, 0.05) is 10.6 Å².